The molecule has 168 valence electrons. The standard InChI is InChI=1S/C23H25F2N5O2/c24-22(25)32-16-6-3-5-15(13-16)19-23(9-4-10-26-19,21(31)30-11-1-2-12-30)18-8-7-17-20(29-18)28-14-27-17/h3,5-8,13-14,19,22,26H,1-2,4,9-12H2,(H,27,28,29)/t19-,23?/m1/s1. The molecule has 9 heteroatoms. The molecule has 2 atom stereocenters. The molecule has 0 radical (unpaired) electrons. The van der Waals surface area contributed by atoms with Gasteiger partial charge in [0, 0.05) is 13.1 Å². The molecule has 1 amide bonds. The molecule has 2 N–H and O–H groups in total. The van der Waals surface area contributed by atoms with Gasteiger partial charge in [-0.05, 0) is 62.1 Å². The first kappa shape index (κ1) is 20.8. The minimum Gasteiger partial charge on any atom is -0.435 e. The molecule has 3 aromatic rings. The fourth-order valence-corrected chi connectivity index (χ4v) is 5.09. The van der Waals surface area contributed by atoms with Crippen molar-refractivity contribution < 1.29 is 18.3 Å². The maximum absolute atomic E-state index is 14.1. The van der Waals surface area contributed by atoms with Gasteiger partial charge >= 0.3 is 6.61 Å². The number of H-pyrrole nitrogens is 1. The van der Waals surface area contributed by atoms with Crippen LogP contribution in [0.3, 0.4) is 0 Å². The lowest BCUT2D eigenvalue weighted by Crippen LogP contribution is -2.56. The van der Waals surface area contributed by atoms with Crippen LogP contribution >= 0.6 is 0 Å². The van der Waals surface area contributed by atoms with Gasteiger partial charge in [0.25, 0.3) is 0 Å². The van der Waals surface area contributed by atoms with Crippen molar-refractivity contribution in [3.05, 3.63) is 54.0 Å². The largest absolute Gasteiger partial charge is 0.435 e. The van der Waals surface area contributed by atoms with E-state index in [1.165, 1.54) is 6.07 Å². The Bertz CT molecular complexity index is 1110. The summed E-state index contributed by atoms with van der Waals surface area (Å²) in [5, 5.41) is 3.49. The molecule has 0 saturated carbocycles. The molecule has 32 heavy (non-hydrogen) atoms. The quantitative estimate of drug-likeness (QED) is 0.633. The fraction of sp³-hybridized carbons (Fsp3) is 0.435. The molecule has 5 rings (SSSR count). The number of nitrogens with one attached hydrogen (secondary N) is 2. The lowest BCUT2D eigenvalue weighted by Gasteiger charge is -2.45. The summed E-state index contributed by atoms with van der Waals surface area (Å²) in [6.07, 6.45) is 4.93. The molecule has 2 aliphatic heterocycles. The van der Waals surface area contributed by atoms with Crippen LogP contribution in [0.5, 0.6) is 5.75 Å². The number of hydrogen-bond donors (Lipinski definition) is 2. The highest BCUT2D eigenvalue weighted by atomic mass is 19.3. The predicted molar refractivity (Wildman–Crippen MR) is 114 cm³/mol. The summed E-state index contributed by atoms with van der Waals surface area (Å²) in [5.41, 5.74) is 1.74. The minimum absolute atomic E-state index is 0.0229. The number of ether oxygens (including phenoxy) is 1. The smallest absolute Gasteiger partial charge is 0.387 e. The average molecular weight is 441 g/mol. The van der Waals surface area contributed by atoms with Gasteiger partial charge in [0.05, 0.1) is 23.6 Å². The maximum atomic E-state index is 14.1. The number of aromatic amines is 1. The van der Waals surface area contributed by atoms with Gasteiger partial charge in [-0.3, -0.25) is 4.79 Å². The monoisotopic (exact) mass is 441 g/mol. The normalized spacial score (nSPS) is 23.7. The molecule has 0 aliphatic carbocycles. The molecule has 0 bridgehead atoms. The van der Waals surface area contributed by atoms with Gasteiger partial charge in [-0.15, -0.1) is 0 Å². The molecular weight excluding hydrogens is 416 g/mol. The summed E-state index contributed by atoms with van der Waals surface area (Å²) in [6, 6.07) is 9.96. The van der Waals surface area contributed by atoms with Gasteiger partial charge in [-0.2, -0.15) is 8.78 Å². The Morgan fingerprint density at radius 2 is 2.03 bits per heavy atom. The molecule has 2 aliphatic rings. The van der Waals surface area contributed by atoms with Crippen LogP contribution in [0.25, 0.3) is 11.2 Å². The van der Waals surface area contributed by atoms with Crippen LogP contribution in [0, 0.1) is 0 Å². The summed E-state index contributed by atoms with van der Waals surface area (Å²) in [5.74, 6) is 0.0953. The molecule has 2 fully saturated rings. The van der Waals surface area contributed by atoms with Gasteiger partial charge in [0.1, 0.15) is 11.2 Å². The van der Waals surface area contributed by atoms with Crippen molar-refractivity contribution in [1.29, 1.82) is 0 Å². The number of benzene rings is 1. The molecular formula is C23H25F2N5O2. The third-order valence-corrected chi connectivity index (χ3v) is 6.52. The highest BCUT2D eigenvalue weighted by Gasteiger charge is 2.52. The van der Waals surface area contributed by atoms with Crippen molar-refractivity contribution in [1.82, 2.24) is 25.2 Å². The Balaban J connectivity index is 1.65. The van der Waals surface area contributed by atoms with Gasteiger partial charge in [0.15, 0.2) is 5.65 Å². The number of pyridine rings is 1. The zero-order valence-corrected chi connectivity index (χ0v) is 17.6. The molecule has 1 aromatic carbocycles. The van der Waals surface area contributed by atoms with Gasteiger partial charge in [0.2, 0.25) is 5.91 Å². The predicted octanol–water partition coefficient (Wildman–Crippen LogP) is 3.54. The lowest BCUT2D eigenvalue weighted by atomic mass is 9.67. The van der Waals surface area contributed by atoms with Gasteiger partial charge < -0.3 is 19.9 Å². The summed E-state index contributed by atoms with van der Waals surface area (Å²) in [6.45, 7) is -0.771. The number of likely N-dealkylation sites (tertiary alicyclic amines) is 1. The van der Waals surface area contributed by atoms with E-state index >= 15 is 0 Å². The number of imidazole rings is 1. The summed E-state index contributed by atoms with van der Waals surface area (Å²) >= 11 is 0. The van der Waals surface area contributed by atoms with Crippen LogP contribution < -0.4 is 10.1 Å². The Kier molecular flexibility index (Phi) is 5.50. The third kappa shape index (κ3) is 3.60. The van der Waals surface area contributed by atoms with Crippen molar-refractivity contribution >= 4 is 17.1 Å². The van der Waals surface area contributed by atoms with Crippen molar-refractivity contribution in [2.75, 3.05) is 19.6 Å². The summed E-state index contributed by atoms with van der Waals surface area (Å²) in [4.78, 5) is 28.1. The molecule has 0 spiro atoms. The first-order chi connectivity index (χ1) is 15.6. The number of carbonyl (C=O) groups is 1. The highest BCUT2D eigenvalue weighted by molar-refractivity contribution is 5.90. The van der Waals surface area contributed by atoms with E-state index in [0.29, 0.717) is 37.4 Å². The zero-order chi connectivity index (χ0) is 22.1. The second kappa shape index (κ2) is 8.46. The Morgan fingerprint density at radius 3 is 2.84 bits per heavy atom. The minimum atomic E-state index is -2.91. The second-order valence-electron chi connectivity index (χ2n) is 8.38. The number of hydrogen-bond acceptors (Lipinski definition) is 5. The van der Waals surface area contributed by atoms with Crippen LogP contribution in [0.4, 0.5) is 8.78 Å². The topological polar surface area (TPSA) is 83.1 Å². The van der Waals surface area contributed by atoms with Crippen LogP contribution in [0.15, 0.2) is 42.7 Å². The van der Waals surface area contributed by atoms with Crippen molar-refractivity contribution in [2.24, 2.45) is 0 Å². The maximum Gasteiger partial charge on any atom is 0.387 e. The number of alkyl halides is 2. The Hall–Kier alpha value is -3.07. The molecule has 4 heterocycles. The highest BCUT2D eigenvalue weighted by Crippen LogP contribution is 2.45. The number of rotatable bonds is 5. The van der Waals surface area contributed by atoms with Crippen LogP contribution in [-0.4, -0.2) is 52.0 Å². The van der Waals surface area contributed by atoms with Crippen LogP contribution in [0.1, 0.15) is 43.0 Å². The second-order valence-corrected chi connectivity index (χ2v) is 8.38. The van der Waals surface area contributed by atoms with E-state index in [2.05, 4.69) is 20.0 Å². The summed E-state index contributed by atoms with van der Waals surface area (Å²) in [7, 11) is 0. The number of halogens is 2. The van der Waals surface area contributed by atoms with E-state index in [0.717, 1.165) is 30.3 Å². The number of aromatic nitrogens is 3. The molecule has 2 aromatic heterocycles. The zero-order valence-electron chi connectivity index (χ0n) is 17.6. The van der Waals surface area contributed by atoms with E-state index in [1.807, 2.05) is 23.1 Å². The van der Waals surface area contributed by atoms with Crippen molar-refractivity contribution in [3.63, 3.8) is 0 Å². The first-order valence-corrected chi connectivity index (χ1v) is 11.0. The van der Waals surface area contributed by atoms with Crippen molar-refractivity contribution in [2.45, 2.75) is 43.8 Å². The van der Waals surface area contributed by atoms with E-state index < -0.39 is 18.1 Å². The number of amides is 1. The third-order valence-electron chi connectivity index (χ3n) is 6.52. The SMILES string of the molecule is O=C(N1CCCC1)C1(c2ccc3[nH]cnc3n2)CCCN[C@@H]1c1cccc(OC(F)F)c1. The Morgan fingerprint density at radius 1 is 1.19 bits per heavy atom. The summed E-state index contributed by atoms with van der Waals surface area (Å²) < 4.78 is 30.3. The van der Waals surface area contributed by atoms with Crippen LogP contribution in [0.2, 0.25) is 0 Å². The van der Waals surface area contributed by atoms with E-state index in [9.17, 15) is 13.6 Å². The first-order valence-electron chi connectivity index (χ1n) is 11.0. The average Bonchev–Trinajstić information content (AvgIpc) is 3.50. The molecule has 1 unspecified atom stereocenters. The fourth-order valence-electron chi connectivity index (χ4n) is 5.09. The van der Waals surface area contributed by atoms with E-state index in [4.69, 9.17) is 4.98 Å². The van der Waals surface area contributed by atoms with Crippen LogP contribution in [-0.2, 0) is 10.2 Å². The lowest BCUT2D eigenvalue weighted by molar-refractivity contribution is -0.139. The number of nitrogens with zero attached hydrogens (tertiary/aromatic N) is 3. The number of piperidine rings is 1. The Labute approximate surface area is 184 Å². The molecule has 2 saturated heterocycles. The van der Waals surface area contributed by atoms with Gasteiger partial charge in [-0.25, -0.2) is 9.97 Å². The van der Waals surface area contributed by atoms with Gasteiger partial charge in [-0.1, -0.05) is 12.1 Å². The van der Waals surface area contributed by atoms with E-state index in [-0.39, 0.29) is 11.7 Å². The van der Waals surface area contributed by atoms with E-state index in [1.54, 1.807) is 18.5 Å². The number of carbonyl (C=O) groups excluding carboxylic acids is 1. The van der Waals surface area contributed by atoms with Crippen molar-refractivity contribution in [3.8, 4) is 5.75 Å². The molecule has 7 nitrogen and oxygen atoms in total. The number of fused-ring (bicyclic) bond motifs is 1.